The summed E-state index contributed by atoms with van der Waals surface area (Å²) in [6.45, 7) is 9.32. The summed E-state index contributed by atoms with van der Waals surface area (Å²) in [6, 6.07) is 23.5. The Morgan fingerprint density at radius 3 is 2.02 bits per heavy atom. The topological polar surface area (TPSA) is 195 Å². The van der Waals surface area contributed by atoms with Crippen LogP contribution >= 0.6 is 0 Å². The van der Waals surface area contributed by atoms with Gasteiger partial charge < -0.3 is 39.6 Å². The average Bonchev–Trinajstić information content (AvgIpc) is 3.21. The highest BCUT2D eigenvalue weighted by molar-refractivity contribution is 5.95. The summed E-state index contributed by atoms with van der Waals surface area (Å²) in [5.74, 6) is -6.06. The zero-order valence-corrected chi connectivity index (χ0v) is 33.9. The molecule has 59 heavy (non-hydrogen) atoms. The third-order valence-electron chi connectivity index (χ3n) is 13.5. The molecule has 3 aromatic carbocycles. The van der Waals surface area contributed by atoms with E-state index in [2.05, 4.69) is 5.32 Å². The zero-order valence-electron chi connectivity index (χ0n) is 33.9. The van der Waals surface area contributed by atoms with Crippen LogP contribution in [-0.2, 0) is 33.3 Å². The number of hydrogen-bond acceptors (Lipinski definition) is 12. The molecule has 312 valence electrons. The molecule has 1 saturated heterocycles. The van der Waals surface area contributed by atoms with Crippen LogP contribution in [0.3, 0.4) is 0 Å². The van der Waals surface area contributed by atoms with Crippen LogP contribution in [0.1, 0.15) is 86.7 Å². The molecule has 3 aliphatic carbocycles. The molecule has 0 spiro atoms. The van der Waals surface area contributed by atoms with Crippen molar-refractivity contribution in [3.63, 3.8) is 0 Å². The zero-order chi connectivity index (χ0) is 42.7. The number of rotatable bonds is 9. The maximum atomic E-state index is 15.2. The van der Waals surface area contributed by atoms with Crippen molar-refractivity contribution in [2.24, 2.45) is 22.7 Å². The van der Waals surface area contributed by atoms with Gasteiger partial charge in [0.1, 0.15) is 29.7 Å². The smallest absolute Gasteiger partial charge is 0.338 e. The van der Waals surface area contributed by atoms with Crippen molar-refractivity contribution >= 4 is 29.6 Å². The second-order valence-electron chi connectivity index (χ2n) is 17.1. The normalized spacial score (nSPS) is 33.0. The summed E-state index contributed by atoms with van der Waals surface area (Å²) in [5, 5.41) is 40.0. The van der Waals surface area contributed by atoms with E-state index in [4.69, 9.17) is 18.9 Å². The van der Waals surface area contributed by atoms with Gasteiger partial charge in [-0.1, -0.05) is 87.5 Å². The van der Waals surface area contributed by atoms with Gasteiger partial charge in [0.15, 0.2) is 11.7 Å². The van der Waals surface area contributed by atoms with E-state index in [-0.39, 0.29) is 18.6 Å². The Morgan fingerprint density at radius 1 is 0.881 bits per heavy atom. The summed E-state index contributed by atoms with van der Waals surface area (Å²) in [4.78, 5) is 69.9. The molecule has 3 fully saturated rings. The maximum Gasteiger partial charge on any atom is 0.338 e. The Morgan fingerprint density at radius 2 is 1.46 bits per heavy atom. The van der Waals surface area contributed by atoms with Crippen LogP contribution in [0.5, 0.6) is 0 Å². The van der Waals surface area contributed by atoms with Gasteiger partial charge in [-0.15, -0.1) is 0 Å². The first kappa shape index (κ1) is 41.9. The van der Waals surface area contributed by atoms with E-state index in [1.807, 2.05) is 0 Å². The van der Waals surface area contributed by atoms with Gasteiger partial charge in [0.2, 0.25) is 0 Å². The predicted octanol–water partition coefficient (Wildman–Crippen LogP) is 4.44. The number of aliphatic hydroxyl groups is 3. The Balaban J connectivity index is 1.34. The Labute approximate surface area is 342 Å². The standard InChI is InChI=1S/C46H51NO12/c1-25-31(57-42(54)36(50)35(28-16-10-7-11-17-28)47-40(52)29-18-12-8-13-19-29)23-46(55)39(58-41(53)30-20-14-9-15-21-30)37-44(6,38(51)26(2)34(25)43(46,4)5)32(49)22-33-45(37,24-56-33)59-27(3)48/h7-21,26,31-33,35-37,39,49-50,55H,22-24H2,1-6H3,(H,47,52)/t26-,31?,32+,33-,35+,36?,37+,39+,44-,45+,46-/m1/s1. The number of carbonyl (C=O) groups excluding carboxylic acids is 5. The number of ether oxygens (including phenoxy) is 4. The molecule has 0 radical (unpaired) electrons. The Bertz CT molecular complexity index is 2160. The van der Waals surface area contributed by atoms with Crippen LogP contribution in [0.15, 0.2) is 102 Å². The lowest BCUT2D eigenvalue weighted by molar-refractivity contribution is -0.345. The summed E-state index contributed by atoms with van der Waals surface area (Å²) >= 11 is 0. The van der Waals surface area contributed by atoms with Crippen LogP contribution in [0.25, 0.3) is 0 Å². The van der Waals surface area contributed by atoms with Gasteiger partial charge in [-0.3, -0.25) is 14.4 Å². The minimum absolute atomic E-state index is 0.0700. The highest BCUT2D eigenvalue weighted by atomic mass is 16.6. The minimum Gasteiger partial charge on any atom is -0.456 e. The quantitative estimate of drug-likeness (QED) is 0.135. The van der Waals surface area contributed by atoms with Crippen molar-refractivity contribution in [1.82, 2.24) is 5.32 Å². The first-order chi connectivity index (χ1) is 27.9. The molecule has 4 aliphatic rings. The highest BCUT2D eigenvalue weighted by Crippen LogP contribution is 2.65. The summed E-state index contributed by atoms with van der Waals surface area (Å²) in [5.41, 5.74) is -5.28. The number of esters is 3. The third kappa shape index (κ3) is 6.77. The highest BCUT2D eigenvalue weighted by Gasteiger charge is 2.77. The Hall–Kier alpha value is -5.21. The van der Waals surface area contributed by atoms with Crippen molar-refractivity contribution in [3.05, 3.63) is 119 Å². The first-order valence-corrected chi connectivity index (χ1v) is 19.9. The third-order valence-corrected chi connectivity index (χ3v) is 13.5. The summed E-state index contributed by atoms with van der Waals surface area (Å²) in [7, 11) is 0. The SMILES string of the molecule is CC(=O)O[C@@]12CO[C@@H]1C[C@H](O)[C@@]1(C)C(=O)[C@H](C)C3=C(C)C(OC(=O)C(O)[C@@H](NC(=O)c4ccccc4)c4ccccc4)C[C@@](O)([C@@H](OC(=O)c4ccccc4)[C@H]21)C3(C)C. The van der Waals surface area contributed by atoms with E-state index in [1.165, 1.54) is 19.1 Å². The van der Waals surface area contributed by atoms with Gasteiger partial charge in [0.25, 0.3) is 5.91 Å². The average molecular weight is 810 g/mol. The van der Waals surface area contributed by atoms with E-state index in [1.54, 1.807) is 113 Å². The molecule has 13 heteroatoms. The molecular weight excluding hydrogens is 759 g/mol. The minimum atomic E-state index is -2.19. The second kappa shape index (κ2) is 15.4. The molecular formula is C46H51NO12. The van der Waals surface area contributed by atoms with E-state index < -0.39 is 106 Å². The lowest BCUT2D eigenvalue weighted by Crippen LogP contribution is -2.81. The van der Waals surface area contributed by atoms with Gasteiger partial charge in [-0.2, -0.15) is 0 Å². The summed E-state index contributed by atoms with van der Waals surface area (Å²) in [6.07, 6.45) is -7.67. The molecule has 2 unspecified atom stereocenters. The number of nitrogens with one attached hydrogen (secondary N) is 1. The van der Waals surface area contributed by atoms with Gasteiger partial charge in [-0.05, 0) is 54.8 Å². The number of carbonyl (C=O) groups is 5. The monoisotopic (exact) mass is 809 g/mol. The van der Waals surface area contributed by atoms with Crippen molar-refractivity contribution < 1.29 is 58.2 Å². The van der Waals surface area contributed by atoms with Gasteiger partial charge in [0, 0.05) is 36.7 Å². The van der Waals surface area contributed by atoms with Gasteiger partial charge >= 0.3 is 17.9 Å². The molecule has 3 aromatic rings. The van der Waals surface area contributed by atoms with Gasteiger partial charge in [0.05, 0.1) is 35.6 Å². The molecule has 1 amide bonds. The molecule has 1 heterocycles. The number of Topliss-reactive ketones (excluding diaryl/α,β-unsaturated/α-hetero) is 1. The van der Waals surface area contributed by atoms with Crippen molar-refractivity contribution in [2.45, 2.75) is 102 Å². The van der Waals surface area contributed by atoms with Gasteiger partial charge in [-0.25, -0.2) is 9.59 Å². The van der Waals surface area contributed by atoms with Crippen LogP contribution in [0, 0.1) is 22.7 Å². The van der Waals surface area contributed by atoms with E-state index in [0.29, 0.717) is 22.3 Å². The van der Waals surface area contributed by atoms with Crippen LogP contribution in [0.4, 0.5) is 0 Å². The van der Waals surface area contributed by atoms with Crippen LogP contribution in [0.2, 0.25) is 0 Å². The molecule has 13 nitrogen and oxygen atoms in total. The number of amides is 1. The molecule has 0 aromatic heterocycles. The fourth-order valence-electron chi connectivity index (χ4n) is 10.4. The van der Waals surface area contributed by atoms with Crippen molar-refractivity contribution in [1.29, 1.82) is 0 Å². The number of hydrogen-bond donors (Lipinski definition) is 4. The molecule has 2 saturated carbocycles. The number of benzene rings is 3. The van der Waals surface area contributed by atoms with Crippen molar-refractivity contribution in [2.75, 3.05) is 6.61 Å². The van der Waals surface area contributed by atoms with Crippen LogP contribution < -0.4 is 5.32 Å². The van der Waals surface area contributed by atoms with Crippen LogP contribution in [-0.4, -0.2) is 93.2 Å². The van der Waals surface area contributed by atoms with E-state index in [0.717, 1.165) is 0 Å². The number of ketones is 1. The number of aliphatic hydroxyl groups excluding tert-OH is 2. The molecule has 4 N–H and O–H groups in total. The largest absolute Gasteiger partial charge is 0.456 e. The lowest BCUT2D eigenvalue weighted by atomic mass is 9.43. The predicted molar refractivity (Wildman–Crippen MR) is 211 cm³/mol. The lowest BCUT2D eigenvalue weighted by Gasteiger charge is -2.67. The second-order valence-corrected chi connectivity index (χ2v) is 17.1. The molecule has 1 aliphatic heterocycles. The molecule has 7 rings (SSSR count). The fourth-order valence-corrected chi connectivity index (χ4v) is 10.4. The van der Waals surface area contributed by atoms with E-state index in [9.17, 15) is 34.5 Å². The molecule has 11 atom stereocenters. The maximum absolute atomic E-state index is 15.2. The summed E-state index contributed by atoms with van der Waals surface area (Å²) < 4.78 is 24.5. The first-order valence-electron chi connectivity index (χ1n) is 19.9. The molecule has 2 bridgehead atoms. The van der Waals surface area contributed by atoms with Crippen molar-refractivity contribution in [3.8, 4) is 0 Å². The Kier molecular flexibility index (Phi) is 11.0. The fraction of sp³-hybridized carbons (Fsp3) is 0.457. The van der Waals surface area contributed by atoms with E-state index >= 15 is 4.79 Å². The number of fused-ring (bicyclic) bond motifs is 5.